The van der Waals surface area contributed by atoms with Crippen molar-refractivity contribution >= 4 is 28.3 Å². The van der Waals surface area contributed by atoms with E-state index < -0.39 is 0 Å². The predicted octanol–water partition coefficient (Wildman–Crippen LogP) is 2.44. The summed E-state index contributed by atoms with van der Waals surface area (Å²) < 4.78 is 4.40. The lowest BCUT2D eigenvalue weighted by Crippen LogP contribution is -2.26. The lowest BCUT2D eigenvalue weighted by Gasteiger charge is -2.13. The zero-order valence-corrected chi connectivity index (χ0v) is 12.6. The number of anilines is 1. The molecule has 0 saturated carbocycles. The molecule has 1 N–H and O–H groups in total. The van der Waals surface area contributed by atoms with Crippen LogP contribution in [-0.4, -0.2) is 36.5 Å². The van der Waals surface area contributed by atoms with Gasteiger partial charge in [-0.25, -0.2) is 4.98 Å². The molecule has 0 fully saturated rings. The van der Waals surface area contributed by atoms with Crippen LogP contribution in [0.25, 0.3) is 0 Å². The smallest absolute Gasteiger partial charge is 0.204 e. The van der Waals surface area contributed by atoms with Crippen molar-refractivity contribution < 1.29 is 0 Å². The number of nitrogens with zero attached hydrogens (tertiary/aromatic N) is 3. The lowest BCUT2D eigenvalue weighted by molar-refractivity contribution is 0.765. The highest BCUT2D eigenvalue weighted by Crippen LogP contribution is 2.18. The Morgan fingerprint density at radius 3 is 2.74 bits per heavy atom. The third kappa shape index (κ3) is 4.16. The molecule has 0 bridgehead atoms. The topological polar surface area (TPSA) is 41.0 Å². The first-order valence-electron chi connectivity index (χ1n) is 6.12. The van der Waals surface area contributed by atoms with Crippen molar-refractivity contribution in [2.24, 2.45) is 0 Å². The summed E-state index contributed by atoms with van der Waals surface area (Å²) in [6.45, 7) is 1.86. The number of rotatable bonds is 6. The molecule has 102 valence electrons. The molecular weight excluding hydrogens is 280 g/mol. The summed E-state index contributed by atoms with van der Waals surface area (Å²) in [6, 6.07) is 7.80. The molecule has 2 aromatic rings. The van der Waals surface area contributed by atoms with Gasteiger partial charge >= 0.3 is 0 Å². The van der Waals surface area contributed by atoms with Crippen LogP contribution in [0, 0.1) is 0 Å². The minimum absolute atomic E-state index is 0.744. The maximum atomic E-state index is 5.87. The third-order valence-corrected chi connectivity index (χ3v) is 3.88. The van der Waals surface area contributed by atoms with Crippen molar-refractivity contribution in [1.29, 1.82) is 0 Å². The van der Waals surface area contributed by atoms with Crippen LogP contribution in [-0.2, 0) is 6.42 Å². The van der Waals surface area contributed by atoms with Gasteiger partial charge in [0, 0.05) is 43.1 Å². The normalized spacial score (nSPS) is 10.7. The highest BCUT2D eigenvalue weighted by atomic mass is 35.5. The second-order valence-corrected chi connectivity index (χ2v) is 5.49. The van der Waals surface area contributed by atoms with Crippen molar-refractivity contribution in [3.05, 3.63) is 40.7 Å². The molecule has 0 unspecified atom stereocenters. The SMILES string of the molecule is CNCCN(C)c1nc(Cc2ccc(Cl)cc2)ns1. The van der Waals surface area contributed by atoms with Crippen molar-refractivity contribution in [2.75, 3.05) is 32.1 Å². The van der Waals surface area contributed by atoms with Gasteiger partial charge in [0.2, 0.25) is 5.13 Å². The van der Waals surface area contributed by atoms with Crippen molar-refractivity contribution in [1.82, 2.24) is 14.7 Å². The van der Waals surface area contributed by atoms with Crippen LogP contribution in [0.3, 0.4) is 0 Å². The fourth-order valence-electron chi connectivity index (χ4n) is 1.63. The first kappa shape index (κ1) is 14.2. The van der Waals surface area contributed by atoms with Gasteiger partial charge in [0.15, 0.2) is 0 Å². The molecule has 0 aliphatic carbocycles. The average molecular weight is 297 g/mol. The van der Waals surface area contributed by atoms with E-state index in [1.54, 1.807) is 0 Å². The Labute approximate surface area is 122 Å². The van der Waals surface area contributed by atoms with Gasteiger partial charge in [-0.2, -0.15) is 4.37 Å². The summed E-state index contributed by atoms with van der Waals surface area (Å²) in [5.41, 5.74) is 1.17. The zero-order valence-electron chi connectivity index (χ0n) is 11.1. The number of hydrogen-bond donors (Lipinski definition) is 1. The molecule has 0 saturated heterocycles. The van der Waals surface area contributed by atoms with Gasteiger partial charge in [0.1, 0.15) is 5.82 Å². The van der Waals surface area contributed by atoms with Crippen molar-refractivity contribution in [3.8, 4) is 0 Å². The zero-order chi connectivity index (χ0) is 13.7. The molecule has 2 rings (SSSR count). The molecule has 1 aromatic carbocycles. The molecule has 0 aliphatic rings. The second-order valence-electron chi connectivity index (χ2n) is 4.32. The molecule has 4 nitrogen and oxygen atoms in total. The van der Waals surface area contributed by atoms with E-state index >= 15 is 0 Å². The molecule has 0 aliphatic heterocycles. The largest absolute Gasteiger partial charge is 0.349 e. The molecule has 0 spiro atoms. The highest BCUT2D eigenvalue weighted by molar-refractivity contribution is 7.09. The van der Waals surface area contributed by atoms with Gasteiger partial charge < -0.3 is 10.2 Å². The van der Waals surface area contributed by atoms with Gasteiger partial charge in [0.25, 0.3) is 0 Å². The van der Waals surface area contributed by atoms with Crippen LogP contribution in [0.5, 0.6) is 0 Å². The molecule has 19 heavy (non-hydrogen) atoms. The summed E-state index contributed by atoms with van der Waals surface area (Å²) in [4.78, 5) is 6.66. The van der Waals surface area contributed by atoms with E-state index in [9.17, 15) is 0 Å². The third-order valence-electron chi connectivity index (χ3n) is 2.76. The lowest BCUT2D eigenvalue weighted by atomic mass is 10.1. The number of hydrogen-bond acceptors (Lipinski definition) is 5. The molecule has 0 amide bonds. The maximum Gasteiger partial charge on any atom is 0.204 e. The van der Waals surface area contributed by atoms with Crippen molar-refractivity contribution in [2.45, 2.75) is 6.42 Å². The van der Waals surface area contributed by atoms with Gasteiger partial charge in [-0.05, 0) is 24.7 Å². The van der Waals surface area contributed by atoms with Crippen LogP contribution in [0.15, 0.2) is 24.3 Å². The molecule has 6 heteroatoms. The second kappa shape index (κ2) is 6.84. The summed E-state index contributed by atoms with van der Waals surface area (Å²) in [5, 5.41) is 4.83. The minimum atomic E-state index is 0.744. The van der Waals surface area contributed by atoms with Crippen molar-refractivity contribution in [3.63, 3.8) is 0 Å². The van der Waals surface area contributed by atoms with E-state index in [-0.39, 0.29) is 0 Å². The predicted molar refractivity (Wildman–Crippen MR) is 81.4 cm³/mol. The van der Waals surface area contributed by atoms with E-state index in [0.717, 1.165) is 35.5 Å². The van der Waals surface area contributed by atoms with Crippen LogP contribution in [0.1, 0.15) is 11.4 Å². The molecule has 1 aromatic heterocycles. The summed E-state index contributed by atoms with van der Waals surface area (Å²) in [5.74, 6) is 0.860. The fourth-order valence-corrected chi connectivity index (χ4v) is 2.43. The summed E-state index contributed by atoms with van der Waals surface area (Å²) in [7, 11) is 3.98. The number of nitrogens with one attached hydrogen (secondary N) is 1. The van der Waals surface area contributed by atoms with Gasteiger partial charge in [-0.1, -0.05) is 23.7 Å². The van der Waals surface area contributed by atoms with Gasteiger partial charge in [0.05, 0.1) is 0 Å². The fraction of sp³-hybridized carbons (Fsp3) is 0.385. The van der Waals surface area contributed by atoms with E-state index in [4.69, 9.17) is 11.6 Å². The number of halogens is 1. The van der Waals surface area contributed by atoms with Crippen LogP contribution in [0.4, 0.5) is 5.13 Å². The minimum Gasteiger partial charge on any atom is -0.349 e. The van der Waals surface area contributed by atoms with Crippen LogP contribution >= 0.6 is 23.1 Å². The van der Waals surface area contributed by atoms with Crippen LogP contribution in [0.2, 0.25) is 5.02 Å². The van der Waals surface area contributed by atoms with E-state index in [1.165, 1.54) is 17.1 Å². The Morgan fingerprint density at radius 2 is 2.05 bits per heavy atom. The standard InChI is InChI=1S/C13H17ClN4S/c1-15-7-8-18(2)13-16-12(17-19-13)9-10-3-5-11(14)6-4-10/h3-6,15H,7-9H2,1-2H3. The highest BCUT2D eigenvalue weighted by Gasteiger charge is 2.08. The summed E-state index contributed by atoms with van der Waals surface area (Å²) >= 11 is 7.31. The molecule has 1 heterocycles. The Morgan fingerprint density at radius 1 is 1.32 bits per heavy atom. The molecule has 0 radical (unpaired) electrons. The first-order chi connectivity index (χ1) is 9.19. The quantitative estimate of drug-likeness (QED) is 0.889. The van der Waals surface area contributed by atoms with E-state index in [2.05, 4.69) is 19.6 Å². The van der Waals surface area contributed by atoms with Gasteiger partial charge in [-0.3, -0.25) is 0 Å². The number of aromatic nitrogens is 2. The van der Waals surface area contributed by atoms with Crippen LogP contribution < -0.4 is 10.2 Å². The number of benzene rings is 1. The monoisotopic (exact) mass is 296 g/mol. The van der Waals surface area contributed by atoms with Gasteiger partial charge in [-0.15, -0.1) is 0 Å². The Balaban J connectivity index is 1.98. The maximum absolute atomic E-state index is 5.87. The summed E-state index contributed by atoms with van der Waals surface area (Å²) in [6.07, 6.45) is 0.744. The molecule has 0 atom stereocenters. The molecular formula is C13H17ClN4S. The first-order valence-corrected chi connectivity index (χ1v) is 7.27. The van der Waals surface area contributed by atoms with E-state index in [0.29, 0.717) is 0 Å². The van der Waals surface area contributed by atoms with E-state index in [1.807, 2.05) is 38.4 Å². The Hall–Kier alpha value is -1.17. The average Bonchev–Trinajstić information content (AvgIpc) is 2.87. The Kier molecular flexibility index (Phi) is 5.13. The Bertz CT molecular complexity index is 512. The number of likely N-dealkylation sites (N-methyl/N-ethyl adjacent to an activating group) is 2.